The fourth-order valence-electron chi connectivity index (χ4n) is 2.52. The van der Waals surface area contributed by atoms with Crippen molar-refractivity contribution in [3.05, 3.63) is 35.4 Å². The minimum absolute atomic E-state index is 0.730. The molecule has 0 spiro atoms. The van der Waals surface area contributed by atoms with E-state index in [4.69, 9.17) is 0 Å². The van der Waals surface area contributed by atoms with Crippen LogP contribution in [0.4, 0.5) is 8.78 Å². The fraction of sp³-hybridized carbons (Fsp3) is 0.571. The Labute approximate surface area is 101 Å². The van der Waals surface area contributed by atoms with Crippen molar-refractivity contribution in [3.8, 4) is 0 Å². The van der Waals surface area contributed by atoms with Crippen molar-refractivity contribution >= 4 is 0 Å². The van der Waals surface area contributed by atoms with Crippen LogP contribution < -0.4 is 0 Å². The van der Waals surface area contributed by atoms with Crippen molar-refractivity contribution in [1.82, 2.24) is 4.90 Å². The second-order valence-corrected chi connectivity index (χ2v) is 4.90. The fourth-order valence-corrected chi connectivity index (χ4v) is 2.52. The van der Waals surface area contributed by atoms with Gasteiger partial charge in [0.2, 0.25) is 0 Å². The summed E-state index contributed by atoms with van der Waals surface area (Å²) in [6, 6.07) is 4.20. The Bertz CT molecular complexity index is 378. The SMILES string of the molecule is CCC1CCCN(Cc2ccc(F)c(F)c2)C1. The zero-order valence-corrected chi connectivity index (χ0v) is 10.3. The van der Waals surface area contributed by atoms with Crippen LogP contribution in [0, 0.1) is 17.6 Å². The summed E-state index contributed by atoms with van der Waals surface area (Å²) in [5.41, 5.74) is 0.862. The quantitative estimate of drug-likeness (QED) is 0.779. The van der Waals surface area contributed by atoms with Gasteiger partial charge in [-0.2, -0.15) is 0 Å². The molecule has 0 N–H and O–H groups in total. The largest absolute Gasteiger partial charge is 0.299 e. The van der Waals surface area contributed by atoms with Crippen LogP contribution in [0.2, 0.25) is 0 Å². The molecule has 0 aromatic heterocycles. The lowest BCUT2D eigenvalue weighted by molar-refractivity contribution is 0.164. The van der Waals surface area contributed by atoms with E-state index in [1.807, 2.05) is 0 Å². The third-order valence-corrected chi connectivity index (χ3v) is 3.57. The predicted octanol–water partition coefficient (Wildman–Crippen LogP) is 3.59. The summed E-state index contributed by atoms with van der Waals surface area (Å²) in [5, 5.41) is 0. The molecule has 1 atom stereocenters. The third kappa shape index (κ3) is 3.25. The van der Waals surface area contributed by atoms with Gasteiger partial charge in [-0.15, -0.1) is 0 Å². The van der Waals surface area contributed by atoms with E-state index in [1.54, 1.807) is 6.07 Å². The first-order valence-corrected chi connectivity index (χ1v) is 6.35. The lowest BCUT2D eigenvalue weighted by Crippen LogP contribution is -2.34. The van der Waals surface area contributed by atoms with E-state index < -0.39 is 11.6 Å². The highest BCUT2D eigenvalue weighted by molar-refractivity contribution is 5.17. The minimum atomic E-state index is -0.765. The zero-order chi connectivity index (χ0) is 12.3. The second kappa shape index (κ2) is 5.58. The molecule has 1 heterocycles. The van der Waals surface area contributed by atoms with Gasteiger partial charge in [-0.1, -0.05) is 19.4 Å². The molecule has 1 aromatic carbocycles. The third-order valence-electron chi connectivity index (χ3n) is 3.57. The van der Waals surface area contributed by atoms with Gasteiger partial charge < -0.3 is 0 Å². The van der Waals surface area contributed by atoms with Gasteiger partial charge in [0, 0.05) is 13.1 Å². The summed E-state index contributed by atoms with van der Waals surface area (Å²) in [5.74, 6) is -0.751. The highest BCUT2D eigenvalue weighted by atomic mass is 19.2. The number of piperidine rings is 1. The number of halogens is 2. The highest BCUT2D eigenvalue weighted by Crippen LogP contribution is 2.21. The summed E-state index contributed by atoms with van der Waals surface area (Å²) in [7, 11) is 0. The van der Waals surface area contributed by atoms with Crippen LogP contribution in [0.25, 0.3) is 0 Å². The Morgan fingerprint density at radius 2 is 2.12 bits per heavy atom. The topological polar surface area (TPSA) is 3.24 Å². The molecule has 17 heavy (non-hydrogen) atoms. The molecule has 1 nitrogen and oxygen atoms in total. The van der Waals surface area contributed by atoms with E-state index in [9.17, 15) is 8.78 Å². The van der Waals surface area contributed by atoms with Crippen LogP contribution >= 0.6 is 0 Å². The molecular weight excluding hydrogens is 220 g/mol. The van der Waals surface area contributed by atoms with E-state index >= 15 is 0 Å². The number of hydrogen-bond acceptors (Lipinski definition) is 1. The Hall–Kier alpha value is -0.960. The zero-order valence-electron chi connectivity index (χ0n) is 10.3. The van der Waals surface area contributed by atoms with Crippen LogP contribution in [0.3, 0.4) is 0 Å². The van der Waals surface area contributed by atoms with Gasteiger partial charge in [-0.05, 0) is 43.0 Å². The van der Waals surface area contributed by atoms with Crippen molar-refractivity contribution in [1.29, 1.82) is 0 Å². The molecule has 0 amide bonds. The first-order valence-electron chi connectivity index (χ1n) is 6.35. The molecule has 2 rings (SSSR count). The molecule has 0 bridgehead atoms. The molecular formula is C14H19F2N. The van der Waals surface area contributed by atoms with Crippen LogP contribution in [-0.2, 0) is 6.54 Å². The molecule has 0 radical (unpaired) electrons. The standard InChI is InChI=1S/C14H19F2N/c1-2-11-4-3-7-17(9-11)10-12-5-6-13(15)14(16)8-12/h5-6,8,11H,2-4,7,9-10H2,1H3. The lowest BCUT2D eigenvalue weighted by atomic mass is 9.95. The van der Waals surface area contributed by atoms with Gasteiger partial charge in [-0.3, -0.25) is 4.90 Å². The van der Waals surface area contributed by atoms with E-state index in [2.05, 4.69) is 11.8 Å². The van der Waals surface area contributed by atoms with Crippen LogP contribution in [0.1, 0.15) is 31.7 Å². The molecule has 0 saturated carbocycles. The van der Waals surface area contributed by atoms with Crippen molar-refractivity contribution in [3.63, 3.8) is 0 Å². The Kier molecular flexibility index (Phi) is 4.11. The van der Waals surface area contributed by atoms with E-state index in [0.29, 0.717) is 0 Å². The number of hydrogen-bond donors (Lipinski definition) is 0. The monoisotopic (exact) mass is 239 g/mol. The first-order chi connectivity index (χ1) is 8.19. The predicted molar refractivity (Wildman–Crippen MR) is 64.7 cm³/mol. The van der Waals surface area contributed by atoms with Crippen LogP contribution in [0.15, 0.2) is 18.2 Å². The molecule has 1 fully saturated rings. The van der Waals surface area contributed by atoms with Gasteiger partial charge in [0.25, 0.3) is 0 Å². The molecule has 0 aliphatic carbocycles. The van der Waals surface area contributed by atoms with E-state index in [0.717, 1.165) is 31.1 Å². The molecule has 1 aromatic rings. The summed E-state index contributed by atoms with van der Waals surface area (Å²) in [6.45, 7) is 5.09. The molecule has 94 valence electrons. The Morgan fingerprint density at radius 3 is 2.82 bits per heavy atom. The van der Waals surface area contributed by atoms with Gasteiger partial charge in [0.1, 0.15) is 0 Å². The van der Waals surface area contributed by atoms with Crippen LogP contribution in [-0.4, -0.2) is 18.0 Å². The maximum absolute atomic E-state index is 13.1. The van der Waals surface area contributed by atoms with Crippen molar-refractivity contribution in [2.75, 3.05) is 13.1 Å². The number of nitrogens with zero attached hydrogens (tertiary/aromatic N) is 1. The van der Waals surface area contributed by atoms with E-state index in [1.165, 1.54) is 31.4 Å². The summed E-state index contributed by atoms with van der Waals surface area (Å²) >= 11 is 0. The number of benzene rings is 1. The smallest absolute Gasteiger partial charge is 0.159 e. The van der Waals surface area contributed by atoms with Crippen molar-refractivity contribution in [2.45, 2.75) is 32.7 Å². The van der Waals surface area contributed by atoms with E-state index in [-0.39, 0.29) is 0 Å². The minimum Gasteiger partial charge on any atom is -0.299 e. The molecule has 3 heteroatoms. The maximum Gasteiger partial charge on any atom is 0.159 e. The normalized spacial score (nSPS) is 21.7. The van der Waals surface area contributed by atoms with Crippen LogP contribution in [0.5, 0.6) is 0 Å². The molecule has 1 aliphatic heterocycles. The van der Waals surface area contributed by atoms with Gasteiger partial charge in [0.15, 0.2) is 11.6 Å². The summed E-state index contributed by atoms with van der Waals surface area (Å²) in [6.07, 6.45) is 3.71. The highest BCUT2D eigenvalue weighted by Gasteiger charge is 2.18. The van der Waals surface area contributed by atoms with Crippen molar-refractivity contribution < 1.29 is 8.78 Å². The summed E-state index contributed by atoms with van der Waals surface area (Å²) < 4.78 is 25.9. The summed E-state index contributed by atoms with van der Waals surface area (Å²) in [4.78, 5) is 2.34. The Balaban J connectivity index is 1.97. The van der Waals surface area contributed by atoms with Gasteiger partial charge in [0.05, 0.1) is 0 Å². The molecule has 1 aliphatic rings. The molecule has 1 saturated heterocycles. The number of rotatable bonds is 3. The second-order valence-electron chi connectivity index (χ2n) is 4.90. The first kappa shape index (κ1) is 12.5. The Morgan fingerprint density at radius 1 is 1.29 bits per heavy atom. The number of likely N-dealkylation sites (tertiary alicyclic amines) is 1. The lowest BCUT2D eigenvalue weighted by Gasteiger charge is -2.32. The maximum atomic E-state index is 13.1. The van der Waals surface area contributed by atoms with Crippen molar-refractivity contribution in [2.24, 2.45) is 5.92 Å². The molecule has 1 unspecified atom stereocenters. The van der Waals surface area contributed by atoms with Gasteiger partial charge >= 0.3 is 0 Å². The average molecular weight is 239 g/mol. The van der Waals surface area contributed by atoms with Gasteiger partial charge in [-0.25, -0.2) is 8.78 Å². The average Bonchev–Trinajstić information content (AvgIpc) is 2.34.